The number of benzene rings is 1. The molecule has 2 aromatic rings. The molecule has 4 nitrogen and oxygen atoms in total. The molecule has 0 fully saturated rings. The molecule has 112 valence electrons. The summed E-state index contributed by atoms with van der Waals surface area (Å²) in [6.07, 6.45) is 4.00. The minimum atomic E-state index is 0.345. The summed E-state index contributed by atoms with van der Waals surface area (Å²) in [4.78, 5) is 8.77. The Kier molecular flexibility index (Phi) is 5.72. The molecule has 2 rings (SSSR count). The van der Waals surface area contributed by atoms with Gasteiger partial charge in [-0.2, -0.15) is 0 Å². The van der Waals surface area contributed by atoms with Gasteiger partial charge in [-0.15, -0.1) is 0 Å². The van der Waals surface area contributed by atoms with Crippen LogP contribution in [0.2, 0.25) is 0 Å². The summed E-state index contributed by atoms with van der Waals surface area (Å²) in [5.41, 5.74) is 2.24. The Morgan fingerprint density at radius 2 is 1.76 bits per heavy atom. The lowest BCUT2D eigenvalue weighted by molar-refractivity contribution is 0.124. The Morgan fingerprint density at radius 1 is 1.05 bits per heavy atom. The quantitative estimate of drug-likeness (QED) is 0.785. The summed E-state index contributed by atoms with van der Waals surface area (Å²) < 4.78 is 5.71. The van der Waals surface area contributed by atoms with E-state index in [1.807, 2.05) is 18.2 Å². The van der Waals surface area contributed by atoms with Crippen molar-refractivity contribution in [1.29, 1.82) is 0 Å². The number of hydrogen-bond acceptors (Lipinski definition) is 4. The third kappa shape index (κ3) is 5.17. The van der Waals surface area contributed by atoms with E-state index in [2.05, 4.69) is 35.8 Å². The molecule has 0 aliphatic carbocycles. The topological polar surface area (TPSA) is 57.4 Å². The summed E-state index contributed by atoms with van der Waals surface area (Å²) >= 11 is 0. The van der Waals surface area contributed by atoms with Gasteiger partial charge in [-0.25, -0.2) is 10.9 Å². The fourth-order valence-corrected chi connectivity index (χ4v) is 1.95. The average Bonchev–Trinajstić information content (AvgIpc) is 2.49. The fourth-order valence-electron chi connectivity index (χ4n) is 1.95. The zero-order valence-corrected chi connectivity index (χ0v) is 12.6. The second-order valence-corrected chi connectivity index (χ2v) is 5.49. The maximum absolute atomic E-state index is 5.71. The Morgan fingerprint density at radius 3 is 2.33 bits per heavy atom. The number of aryl methyl sites for hydroxylation is 1. The SMILES string of the molecule is CC(C)CCc1ccc(Oc2ccc(CON)cn2)cc1. The molecule has 0 aliphatic rings. The van der Waals surface area contributed by atoms with Crippen LogP contribution in [0.15, 0.2) is 42.6 Å². The molecule has 0 spiro atoms. The zero-order chi connectivity index (χ0) is 15.1. The molecule has 0 aliphatic heterocycles. The van der Waals surface area contributed by atoms with E-state index in [0.717, 1.165) is 23.7 Å². The normalized spacial score (nSPS) is 10.9. The van der Waals surface area contributed by atoms with E-state index in [-0.39, 0.29) is 0 Å². The third-order valence-corrected chi connectivity index (χ3v) is 3.20. The molecule has 0 amide bonds. The highest BCUT2D eigenvalue weighted by Crippen LogP contribution is 2.21. The first kappa shape index (κ1) is 15.5. The fraction of sp³-hybridized carbons (Fsp3) is 0.353. The first-order valence-electron chi connectivity index (χ1n) is 7.21. The van der Waals surface area contributed by atoms with E-state index >= 15 is 0 Å². The van der Waals surface area contributed by atoms with Crippen LogP contribution < -0.4 is 10.6 Å². The molecule has 1 aromatic heterocycles. The lowest BCUT2D eigenvalue weighted by Crippen LogP contribution is -1.99. The van der Waals surface area contributed by atoms with E-state index in [1.165, 1.54) is 12.0 Å². The van der Waals surface area contributed by atoms with E-state index in [4.69, 9.17) is 10.6 Å². The van der Waals surface area contributed by atoms with E-state index in [1.54, 1.807) is 12.3 Å². The predicted molar refractivity (Wildman–Crippen MR) is 82.9 cm³/mol. The Balaban J connectivity index is 1.93. The summed E-state index contributed by atoms with van der Waals surface area (Å²) in [5, 5.41) is 0. The van der Waals surface area contributed by atoms with Crippen molar-refractivity contribution in [2.24, 2.45) is 11.8 Å². The zero-order valence-electron chi connectivity index (χ0n) is 12.6. The first-order valence-corrected chi connectivity index (χ1v) is 7.21. The number of pyridine rings is 1. The van der Waals surface area contributed by atoms with Crippen molar-refractivity contribution >= 4 is 0 Å². The maximum Gasteiger partial charge on any atom is 0.219 e. The van der Waals surface area contributed by atoms with Crippen LogP contribution in [0, 0.1) is 5.92 Å². The van der Waals surface area contributed by atoms with Gasteiger partial charge in [0.2, 0.25) is 5.88 Å². The van der Waals surface area contributed by atoms with Crippen molar-refractivity contribution in [2.75, 3.05) is 0 Å². The van der Waals surface area contributed by atoms with Crippen LogP contribution in [0.1, 0.15) is 31.4 Å². The van der Waals surface area contributed by atoms with Crippen molar-refractivity contribution in [3.05, 3.63) is 53.7 Å². The van der Waals surface area contributed by atoms with Crippen LogP contribution in [0.3, 0.4) is 0 Å². The van der Waals surface area contributed by atoms with Crippen LogP contribution in [0.25, 0.3) is 0 Å². The first-order chi connectivity index (χ1) is 10.2. The summed E-state index contributed by atoms with van der Waals surface area (Å²) in [6.45, 7) is 4.82. The molecule has 0 bridgehead atoms. The van der Waals surface area contributed by atoms with Gasteiger partial charge < -0.3 is 4.74 Å². The number of aromatic nitrogens is 1. The maximum atomic E-state index is 5.71. The minimum absolute atomic E-state index is 0.345. The molecule has 21 heavy (non-hydrogen) atoms. The molecule has 2 N–H and O–H groups in total. The average molecular weight is 286 g/mol. The predicted octanol–water partition coefficient (Wildman–Crippen LogP) is 3.85. The minimum Gasteiger partial charge on any atom is -0.439 e. The smallest absolute Gasteiger partial charge is 0.219 e. The van der Waals surface area contributed by atoms with Crippen LogP contribution >= 0.6 is 0 Å². The Bertz CT molecular complexity index is 536. The summed E-state index contributed by atoms with van der Waals surface area (Å²) in [5.74, 6) is 7.09. The van der Waals surface area contributed by atoms with Gasteiger partial charge in [0.1, 0.15) is 5.75 Å². The molecule has 0 unspecified atom stereocenters. The molecule has 4 heteroatoms. The monoisotopic (exact) mass is 286 g/mol. The molecule has 0 radical (unpaired) electrons. The van der Waals surface area contributed by atoms with Crippen molar-refractivity contribution in [3.8, 4) is 11.6 Å². The van der Waals surface area contributed by atoms with Crippen LogP contribution in [-0.4, -0.2) is 4.98 Å². The lowest BCUT2D eigenvalue weighted by atomic mass is 10.0. The van der Waals surface area contributed by atoms with Gasteiger partial charge in [0, 0.05) is 12.3 Å². The highest BCUT2D eigenvalue weighted by atomic mass is 16.6. The van der Waals surface area contributed by atoms with Gasteiger partial charge in [0.25, 0.3) is 0 Å². The molecule has 1 aromatic carbocycles. The van der Waals surface area contributed by atoms with Gasteiger partial charge in [0.05, 0.1) is 6.61 Å². The van der Waals surface area contributed by atoms with Crippen molar-refractivity contribution in [2.45, 2.75) is 33.3 Å². The highest BCUT2D eigenvalue weighted by molar-refractivity contribution is 5.31. The van der Waals surface area contributed by atoms with Crippen LogP contribution in [0.5, 0.6) is 11.6 Å². The second-order valence-electron chi connectivity index (χ2n) is 5.49. The molecule has 0 atom stereocenters. The Hall–Kier alpha value is -1.91. The molecule has 0 saturated carbocycles. The van der Waals surface area contributed by atoms with Gasteiger partial charge in [-0.05, 0) is 48.1 Å². The van der Waals surface area contributed by atoms with E-state index in [9.17, 15) is 0 Å². The molecule has 0 saturated heterocycles. The van der Waals surface area contributed by atoms with Crippen molar-refractivity contribution < 1.29 is 9.57 Å². The number of nitrogens with zero attached hydrogens (tertiary/aromatic N) is 1. The van der Waals surface area contributed by atoms with Gasteiger partial charge in [-0.3, -0.25) is 4.84 Å². The summed E-state index contributed by atoms with van der Waals surface area (Å²) in [6, 6.07) is 11.9. The van der Waals surface area contributed by atoms with Gasteiger partial charge in [0.15, 0.2) is 0 Å². The highest BCUT2D eigenvalue weighted by Gasteiger charge is 2.01. The molecular formula is C17H22N2O2. The van der Waals surface area contributed by atoms with Crippen molar-refractivity contribution in [1.82, 2.24) is 4.98 Å². The lowest BCUT2D eigenvalue weighted by Gasteiger charge is -2.08. The van der Waals surface area contributed by atoms with Crippen molar-refractivity contribution in [3.63, 3.8) is 0 Å². The number of hydrogen-bond donors (Lipinski definition) is 1. The van der Waals surface area contributed by atoms with Gasteiger partial charge in [-0.1, -0.05) is 26.0 Å². The van der Waals surface area contributed by atoms with E-state index < -0.39 is 0 Å². The largest absolute Gasteiger partial charge is 0.439 e. The van der Waals surface area contributed by atoms with Crippen LogP contribution in [0.4, 0.5) is 0 Å². The number of ether oxygens (including phenoxy) is 1. The second kappa shape index (κ2) is 7.76. The van der Waals surface area contributed by atoms with E-state index in [0.29, 0.717) is 12.5 Å². The third-order valence-electron chi connectivity index (χ3n) is 3.20. The number of nitrogens with two attached hydrogens (primary N) is 1. The number of rotatable bonds is 7. The molecule has 1 heterocycles. The summed E-state index contributed by atoms with van der Waals surface area (Å²) in [7, 11) is 0. The molecular weight excluding hydrogens is 264 g/mol. The van der Waals surface area contributed by atoms with Gasteiger partial charge >= 0.3 is 0 Å². The Labute approximate surface area is 125 Å². The van der Waals surface area contributed by atoms with Crippen LogP contribution in [-0.2, 0) is 17.9 Å². The standard InChI is InChI=1S/C17H22N2O2/c1-13(2)3-4-14-5-8-16(9-6-14)21-17-10-7-15(11-19-17)12-20-18/h5-11,13H,3-4,12,18H2,1-2H3.